The van der Waals surface area contributed by atoms with Crippen molar-refractivity contribution in [3.8, 4) is 17.2 Å². The topological polar surface area (TPSA) is 65.4 Å². The van der Waals surface area contributed by atoms with Crippen molar-refractivity contribution in [2.24, 2.45) is 0 Å². The van der Waals surface area contributed by atoms with Crippen molar-refractivity contribution in [1.29, 1.82) is 0 Å². The number of amides is 1. The number of para-hydroxylation sites is 2. The molecule has 1 aliphatic heterocycles. The maximum atomic E-state index is 12.8. The average molecular weight is 370 g/mol. The Morgan fingerprint density at radius 1 is 1.12 bits per heavy atom. The van der Waals surface area contributed by atoms with Gasteiger partial charge in [0, 0.05) is 0 Å². The van der Waals surface area contributed by atoms with Crippen molar-refractivity contribution >= 4 is 23.2 Å². The van der Waals surface area contributed by atoms with Crippen molar-refractivity contribution in [3.63, 3.8) is 0 Å². The van der Waals surface area contributed by atoms with Crippen LogP contribution in [-0.2, 0) is 0 Å². The molecule has 0 saturated heterocycles. The second-order valence-corrected chi connectivity index (χ2v) is 6.14. The quantitative estimate of drug-likeness (QED) is 0.761. The number of fused-ring (bicyclic) bond motifs is 1. The molecule has 1 N–H and O–H groups in total. The standard InChI is InChI=1S/C19H16ClN3O3/c1-12-16(18(20)23(22-12)13-6-3-2-4-7-13)19(24)21-14-8-5-9-15-17(14)26-11-10-25-15/h2-9H,10-11H2,1H3,(H,21,24). The average Bonchev–Trinajstić information content (AvgIpc) is 2.97. The van der Waals surface area contributed by atoms with Gasteiger partial charge in [-0.1, -0.05) is 35.9 Å². The fourth-order valence-electron chi connectivity index (χ4n) is 2.85. The number of hydrogen-bond donors (Lipinski definition) is 1. The van der Waals surface area contributed by atoms with Crippen molar-refractivity contribution < 1.29 is 14.3 Å². The molecule has 4 rings (SSSR count). The molecule has 0 unspecified atom stereocenters. The lowest BCUT2D eigenvalue weighted by Crippen LogP contribution is -2.19. The summed E-state index contributed by atoms with van der Waals surface area (Å²) in [5.41, 5.74) is 2.19. The molecule has 1 aromatic heterocycles. The predicted octanol–water partition coefficient (Wildman–Crippen LogP) is 3.86. The van der Waals surface area contributed by atoms with Crippen LogP contribution in [0.1, 0.15) is 16.1 Å². The van der Waals surface area contributed by atoms with Crippen LogP contribution in [0.3, 0.4) is 0 Å². The number of carbonyl (C=O) groups excluding carboxylic acids is 1. The first-order valence-electron chi connectivity index (χ1n) is 8.15. The van der Waals surface area contributed by atoms with Crippen LogP contribution in [0.25, 0.3) is 5.69 Å². The molecular formula is C19H16ClN3O3. The van der Waals surface area contributed by atoms with E-state index in [-0.39, 0.29) is 11.1 Å². The summed E-state index contributed by atoms with van der Waals surface area (Å²) in [6, 6.07) is 14.8. The van der Waals surface area contributed by atoms with Crippen LogP contribution in [0.5, 0.6) is 11.5 Å². The Bertz CT molecular complexity index is 970. The van der Waals surface area contributed by atoms with Gasteiger partial charge in [0.25, 0.3) is 5.91 Å². The maximum Gasteiger partial charge on any atom is 0.260 e. The van der Waals surface area contributed by atoms with E-state index in [0.717, 1.165) is 5.69 Å². The Morgan fingerprint density at radius 3 is 2.69 bits per heavy atom. The lowest BCUT2D eigenvalue weighted by molar-refractivity contribution is 0.102. The van der Waals surface area contributed by atoms with Crippen LogP contribution in [0.2, 0.25) is 5.15 Å². The minimum absolute atomic E-state index is 0.258. The summed E-state index contributed by atoms with van der Waals surface area (Å²) < 4.78 is 12.7. The highest BCUT2D eigenvalue weighted by molar-refractivity contribution is 6.34. The van der Waals surface area contributed by atoms with Gasteiger partial charge in [-0.25, -0.2) is 4.68 Å². The molecule has 7 heteroatoms. The fourth-order valence-corrected chi connectivity index (χ4v) is 3.21. The van der Waals surface area contributed by atoms with E-state index in [0.29, 0.717) is 41.7 Å². The highest BCUT2D eigenvalue weighted by Gasteiger charge is 2.23. The van der Waals surface area contributed by atoms with E-state index in [9.17, 15) is 4.79 Å². The van der Waals surface area contributed by atoms with E-state index in [4.69, 9.17) is 21.1 Å². The summed E-state index contributed by atoms with van der Waals surface area (Å²) in [6.07, 6.45) is 0. The number of aromatic nitrogens is 2. The Kier molecular flexibility index (Phi) is 4.26. The number of anilines is 1. The third kappa shape index (κ3) is 2.88. The lowest BCUT2D eigenvalue weighted by Gasteiger charge is -2.21. The summed E-state index contributed by atoms with van der Waals surface area (Å²) in [7, 11) is 0. The van der Waals surface area contributed by atoms with Gasteiger partial charge in [0.2, 0.25) is 0 Å². The highest BCUT2D eigenvalue weighted by atomic mass is 35.5. The first-order chi connectivity index (χ1) is 12.6. The lowest BCUT2D eigenvalue weighted by atomic mass is 10.2. The first-order valence-corrected chi connectivity index (χ1v) is 8.53. The van der Waals surface area contributed by atoms with Crippen molar-refractivity contribution in [2.45, 2.75) is 6.92 Å². The SMILES string of the molecule is Cc1nn(-c2ccccc2)c(Cl)c1C(=O)Nc1cccc2c1OCCO2. The molecular weight excluding hydrogens is 354 g/mol. The Labute approximate surface area is 155 Å². The van der Waals surface area contributed by atoms with Crippen LogP contribution in [0.4, 0.5) is 5.69 Å². The molecule has 1 aliphatic rings. The van der Waals surface area contributed by atoms with Gasteiger partial charge in [0.05, 0.1) is 17.1 Å². The van der Waals surface area contributed by atoms with Crippen molar-refractivity contribution in [3.05, 3.63) is 64.9 Å². The van der Waals surface area contributed by atoms with Gasteiger partial charge < -0.3 is 14.8 Å². The summed E-state index contributed by atoms with van der Waals surface area (Å²) in [5.74, 6) is 0.783. The Hall–Kier alpha value is -2.99. The number of hydrogen-bond acceptors (Lipinski definition) is 4. The van der Waals surface area contributed by atoms with Crippen molar-refractivity contribution in [2.75, 3.05) is 18.5 Å². The molecule has 0 atom stereocenters. The van der Waals surface area contributed by atoms with E-state index in [1.165, 1.54) is 0 Å². The first kappa shape index (κ1) is 16.5. The molecule has 6 nitrogen and oxygen atoms in total. The van der Waals surface area contributed by atoms with Gasteiger partial charge in [-0.3, -0.25) is 4.79 Å². The maximum absolute atomic E-state index is 12.8. The molecule has 2 aromatic carbocycles. The zero-order valence-electron chi connectivity index (χ0n) is 14.0. The second-order valence-electron chi connectivity index (χ2n) is 5.78. The van der Waals surface area contributed by atoms with Crippen LogP contribution in [0.15, 0.2) is 48.5 Å². The highest BCUT2D eigenvalue weighted by Crippen LogP contribution is 2.37. The number of benzene rings is 2. The van der Waals surface area contributed by atoms with Gasteiger partial charge >= 0.3 is 0 Å². The predicted molar refractivity (Wildman–Crippen MR) is 98.7 cm³/mol. The van der Waals surface area contributed by atoms with Gasteiger partial charge in [0.15, 0.2) is 11.5 Å². The van der Waals surface area contributed by atoms with Crippen LogP contribution >= 0.6 is 11.6 Å². The smallest absolute Gasteiger partial charge is 0.260 e. The molecule has 0 saturated carbocycles. The normalized spacial score (nSPS) is 12.7. The van der Waals surface area contributed by atoms with E-state index in [2.05, 4.69) is 10.4 Å². The molecule has 1 amide bonds. The summed E-state index contributed by atoms with van der Waals surface area (Å²) in [5, 5.41) is 7.51. The molecule has 0 bridgehead atoms. The van der Waals surface area contributed by atoms with Gasteiger partial charge in [0.1, 0.15) is 23.9 Å². The zero-order valence-corrected chi connectivity index (χ0v) is 14.8. The van der Waals surface area contributed by atoms with Crippen LogP contribution < -0.4 is 14.8 Å². The van der Waals surface area contributed by atoms with Crippen LogP contribution in [0, 0.1) is 6.92 Å². The Morgan fingerprint density at radius 2 is 1.88 bits per heavy atom. The van der Waals surface area contributed by atoms with E-state index >= 15 is 0 Å². The van der Waals surface area contributed by atoms with Gasteiger partial charge in [-0.15, -0.1) is 0 Å². The number of nitrogens with one attached hydrogen (secondary N) is 1. The summed E-state index contributed by atoms with van der Waals surface area (Å²) in [4.78, 5) is 12.8. The number of nitrogens with zero attached hydrogens (tertiary/aromatic N) is 2. The molecule has 2 heterocycles. The molecule has 3 aromatic rings. The number of ether oxygens (including phenoxy) is 2. The number of aryl methyl sites for hydroxylation is 1. The second kappa shape index (κ2) is 6.72. The summed E-state index contributed by atoms with van der Waals surface area (Å²) >= 11 is 6.45. The zero-order chi connectivity index (χ0) is 18.1. The van der Waals surface area contributed by atoms with Crippen molar-refractivity contribution in [1.82, 2.24) is 9.78 Å². The largest absolute Gasteiger partial charge is 0.486 e. The number of halogens is 1. The third-order valence-corrected chi connectivity index (χ3v) is 4.40. The minimum atomic E-state index is -0.350. The van der Waals surface area contributed by atoms with Gasteiger partial charge in [-0.2, -0.15) is 5.10 Å². The molecule has 132 valence electrons. The third-order valence-electron chi connectivity index (χ3n) is 4.05. The summed E-state index contributed by atoms with van der Waals surface area (Å²) in [6.45, 7) is 2.67. The molecule has 0 aliphatic carbocycles. The monoisotopic (exact) mass is 369 g/mol. The number of rotatable bonds is 3. The number of carbonyl (C=O) groups is 1. The van der Waals surface area contributed by atoms with Gasteiger partial charge in [-0.05, 0) is 31.2 Å². The Balaban J connectivity index is 1.67. The molecule has 0 radical (unpaired) electrons. The van der Waals surface area contributed by atoms with E-state index < -0.39 is 0 Å². The van der Waals surface area contributed by atoms with Crippen LogP contribution in [-0.4, -0.2) is 28.9 Å². The molecule has 0 spiro atoms. The van der Waals surface area contributed by atoms with E-state index in [1.807, 2.05) is 30.3 Å². The molecule has 0 fully saturated rings. The molecule has 26 heavy (non-hydrogen) atoms. The van der Waals surface area contributed by atoms with E-state index in [1.54, 1.807) is 29.8 Å². The fraction of sp³-hybridized carbons (Fsp3) is 0.158. The minimum Gasteiger partial charge on any atom is -0.486 e.